The van der Waals surface area contributed by atoms with Gasteiger partial charge < -0.3 is 67.0 Å². The van der Waals surface area contributed by atoms with Gasteiger partial charge >= 0.3 is 0 Å². The Bertz CT molecular complexity index is 5960. The number of rotatable bonds is 30. The zero-order valence-corrected chi connectivity index (χ0v) is 76.0. The number of hydrogen-bond acceptors (Lipinski definition) is 26. The molecule has 0 bridgehead atoms. The number of nitrogens with zero attached hydrogens (tertiary/aromatic N) is 8. The van der Waals surface area contributed by atoms with Crippen LogP contribution in [0, 0.1) is 6.92 Å². The van der Waals surface area contributed by atoms with Crippen molar-refractivity contribution in [1.82, 2.24) is 60.7 Å². The molecule has 2 amide bonds. The standard InChI is InChI=1S/C30H31ClN6O3S.2C29H37ClN6O4S/c1-17(2)40-26-15-20(28-33-22-10-6-7-11-23(22)34-28)19(5)14-25(26)36-30-32-16-21(31)29(37-30)35-24-12-8-9-13-27(24)41(38,39)18(3)4;1-18(2)40-25-14-20(17-36-12-8-9-13-36)21(28(37)31-5)15-24(25)34-29-32-16-22(30)27(35-29)33-23-10-6-7-11-26(23)41(38,39)19(3)4;1-17(2)40-25-15-20(19-10-12-32-13-11-19)21(28(37)31-5)14-24(25)35-29-33-16-22(30)27(36-29)34-23-8-6-7-9-26(23)41(38,39)18(3)4/h6-18H,1-5H3,(H,33,34)(H2,32,35,36,37);6-7,10-11,14-16,18-19H,8-9,12-13,17H2,1-5H3,(H,31,37)(H2,32,33,34,35);6-9,14-19,32H,10-13H2,1-5H3,(H,31,37)(H2,33,34,35,36). The van der Waals surface area contributed by atoms with Gasteiger partial charge in [-0.1, -0.05) is 83.3 Å². The van der Waals surface area contributed by atoms with E-state index < -0.39 is 45.3 Å². The Labute approximate surface area is 734 Å². The van der Waals surface area contributed by atoms with Gasteiger partial charge in [0.15, 0.2) is 47.0 Å². The number of likely N-dealkylation sites (tertiary alicyclic amines) is 1. The molecule has 2 aliphatic rings. The molecule has 2 fully saturated rings. The van der Waals surface area contributed by atoms with E-state index >= 15 is 0 Å². The number of fused-ring (bicyclic) bond motifs is 1. The van der Waals surface area contributed by atoms with Gasteiger partial charge in [0.1, 0.15) is 38.1 Å². The van der Waals surface area contributed by atoms with Gasteiger partial charge in [-0.25, -0.2) is 45.2 Å². The maximum atomic E-state index is 13.0. The van der Waals surface area contributed by atoms with Crippen LogP contribution >= 0.6 is 34.8 Å². The van der Waals surface area contributed by atoms with Crippen molar-refractivity contribution in [2.75, 3.05) is 72.2 Å². The number of aromatic nitrogens is 8. The van der Waals surface area contributed by atoms with Crippen molar-refractivity contribution in [1.29, 1.82) is 0 Å². The minimum atomic E-state index is -3.57. The summed E-state index contributed by atoms with van der Waals surface area (Å²) in [6.45, 7) is 27.8. The molecule has 652 valence electrons. The summed E-state index contributed by atoms with van der Waals surface area (Å²) in [4.78, 5) is 63.4. The average Bonchev–Trinajstić information content (AvgIpc) is 1.69. The first-order chi connectivity index (χ1) is 58.5. The Morgan fingerprint density at radius 3 is 1.27 bits per heavy atom. The lowest BCUT2D eigenvalue weighted by Gasteiger charge is -2.26. The fourth-order valence-corrected chi connectivity index (χ4v) is 17.6. The molecule has 11 aromatic rings. The van der Waals surface area contributed by atoms with Crippen molar-refractivity contribution in [3.63, 3.8) is 0 Å². The van der Waals surface area contributed by atoms with Crippen molar-refractivity contribution in [3.8, 4) is 28.6 Å². The van der Waals surface area contributed by atoms with E-state index in [4.69, 9.17) is 54.0 Å². The van der Waals surface area contributed by atoms with Crippen LogP contribution in [0.25, 0.3) is 22.4 Å². The van der Waals surface area contributed by atoms with Crippen molar-refractivity contribution >= 4 is 157 Å². The van der Waals surface area contributed by atoms with Gasteiger partial charge in [0.05, 0.1) is 112 Å². The lowest BCUT2D eigenvalue weighted by atomic mass is 9.86. The van der Waals surface area contributed by atoms with Gasteiger partial charge in [0, 0.05) is 37.3 Å². The summed E-state index contributed by atoms with van der Waals surface area (Å²) in [6.07, 6.45) is 8.08. The average molecular weight is 1790 g/mol. The lowest BCUT2D eigenvalue weighted by molar-refractivity contribution is 0.0953. The Balaban J connectivity index is 0.000000180. The normalized spacial score (nSPS) is 13.3. The van der Waals surface area contributed by atoms with Crippen LogP contribution in [-0.2, 0) is 36.1 Å². The van der Waals surface area contributed by atoms with Crippen LogP contribution in [0.15, 0.2) is 167 Å². The van der Waals surface area contributed by atoms with Crippen LogP contribution in [0.1, 0.15) is 152 Å². The summed E-state index contributed by atoms with van der Waals surface area (Å²) >= 11 is 19.3. The van der Waals surface area contributed by atoms with Crippen molar-refractivity contribution in [2.24, 2.45) is 0 Å². The van der Waals surface area contributed by atoms with Gasteiger partial charge in [-0.15, -0.1) is 0 Å². The van der Waals surface area contributed by atoms with E-state index in [1.165, 1.54) is 18.6 Å². The molecule has 13 rings (SSSR count). The zero-order chi connectivity index (χ0) is 88.8. The maximum absolute atomic E-state index is 13.0. The van der Waals surface area contributed by atoms with E-state index in [0.29, 0.717) is 69.0 Å². The predicted octanol–water partition coefficient (Wildman–Crippen LogP) is 18.4. The molecule has 0 spiro atoms. The number of nitrogens with one attached hydrogen (secondary N) is 10. The molecule has 0 saturated carbocycles. The molecule has 7 aromatic carbocycles. The Morgan fingerprint density at radius 2 is 0.854 bits per heavy atom. The number of ether oxygens (including phenoxy) is 3. The molecule has 6 heterocycles. The smallest absolute Gasteiger partial charge is 0.251 e. The molecular formula is C88H105Cl3N18O11S3. The summed E-state index contributed by atoms with van der Waals surface area (Å²) in [5, 5.41) is 26.5. The third-order valence-corrected chi connectivity index (χ3v) is 27.4. The first-order valence-corrected chi connectivity index (χ1v) is 46.3. The SMILES string of the molecule is CNC(=O)c1cc(Nc2ncc(Cl)c(Nc3ccccc3S(=O)(=O)C(C)C)n2)c(OC(C)C)cc1C1CCNCC1.CNC(=O)c1cc(Nc2ncc(Cl)c(Nc3ccccc3S(=O)(=O)C(C)C)n2)c(OC(C)C)cc1CN1CCCC1.Cc1cc(Nc2ncc(Cl)c(Nc3ccccc3S(=O)(=O)C(C)C)n2)c(OC(C)C)cc1-c1nc2ccccc2[nH]1. The largest absolute Gasteiger partial charge is 0.489 e. The number of carbonyl (C=O) groups excluding carboxylic acids is 2. The van der Waals surface area contributed by atoms with Crippen LogP contribution in [-0.4, -0.2) is 156 Å². The van der Waals surface area contributed by atoms with Crippen LogP contribution in [0.2, 0.25) is 15.1 Å². The molecule has 123 heavy (non-hydrogen) atoms. The third kappa shape index (κ3) is 23.1. The zero-order valence-electron chi connectivity index (χ0n) is 71.3. The summed E-state index contributed by atoms with van der Waals surface area (Å²) in [5.74, 6) is 3.62. The quantitative estimate of drug-likeness (QED) is 0.0200. The van der Waals surface area contributed by atoms with E-state index in [0.717, 1.165) is 91.0 Å². The molecular weight excluding hydrogens is 1690 g/mol. The molecule has 10 N–H and O–H groups in total. The monoisotopic (exact) mass is 1790 g/mol. The molecule has 0 atom stereocenters. The summed E-state index contributed by atoms with van der Waals surface area (Å²) < 4.78 is 96.1. The minimum absolute atomic E-state index is 0.0930. The van der Waals surface area contributed by atoms with Crippen LogP contribution in [0.4, 0.5) is 69.4 Å². The fourth-order valence-electron chi connectivity index (χ4n) is 13.6. The van der Waals surface area contributed by atoms with Gasteiger partial charge in [-0.2, -0.15) is 15.0 Å². The van der Waals surface area contributed by atoms with Gasteiger partial charge in [-0.3, -0.25) is 14.5 Å². The summed E-state index contributed by atoms with van der Waals surface area (Å²) in [7, 11) is -7.47. The number of carbonyl (C=O) groups is 2. The van der Waals surface area contributed by atoms with E-state index in [1.54, 1.807) is 141 Å². The first kappa shape index (κ1) is 92.7. The van der Waals surface area contributed by atoms with Gasteiger partial charge in [0.25, 0.3) is 11.8 Å². The van der Waals surface area contributed by atoms with E-state index in [1.807, 2.05) is 97.0 Å². The maximum Gasteiger partial charge on any atom is 0.251 e. The number of aryl methyl sites for hydroxylation is 1. The number of H-pyrrole nitrogens is 1. The molecule has 2 aliphatic heterocycles. The second-order valence-electron chi connectivity index (χ2n) is 31.1. The Kier molecular flexibility index (Phi) is 30.9. The molecule has 0 aliphatic carbocycles. The summed E-state index contributed by atoms with van der Waals surface area (Å²) in [6, 6.07) is 39.0. The highest BCUT2D eigenvalue weighted by Crippen LogP contribution is 2.42. The Morgan fingerprint density at radius 1 is 0.472 bits per heavy atom. The molecule has 35 heteroatoms. The molecule has 0 unspecified atom stereocenters. The third-order valence-electron chi connectivity index (χ3n) is 19.9. The van der Waals surface area contributed by atoms with Crippen LogP contribution in [0.3, 0.4) is 0 Å². The summed E-state index contributed by atoms with van der Waals surface area (Å²) in [5.41, 5.74) is 9.36. The highest BCUT2D eigenvalue weighted by molar-refractivity contribution is 7.92. The fraction of sp³-hybridized carbons (Fsp3) is 0.352. The first-order valence-electron chi connectivity index (χ1n) is 40.5. The predicted molar refractivity (Wildman–Crippen MR) is 490 cm³/mol. The number of sulfone groups is 3. The Hall–Kier alpha value is -11.0. The van der Waals surface area contributed by atoms with Gasteiger partial charge in [-0.05, 0) is 249 Å². The minimum Gasteiger partial charge on any atom is -0.489 e. The van der Waals surface area contributed by atoms with E-state index in [9.17, 15) is 34.8 Å². The molecule has 4 aromatic heterocycles. The number of aromatic amines is 1. The number of amides is 2. The number of hydrogen-bond donors (Lipinski definition) is 10. The van der Waals surface area contributed by atoms with Gasteiger partial charge in [0.2, 0.25) is 17.8 Å². The number of para-hydroxylation sites is 5. The van der Waals surface area contributed by atoms with Crippen molar-refractivity contribution < 1.29 is 49.1 Å². The van der Waals surface area contributed by atoms with Crippen molar-refractivity contribution in [2.45, 2.75) is 177 Å². The van der Waals surface area contributed by atoms with Crippen LogP contribution < -0.4 is 62.1 Å². The number of piperidine rings is 1. The molecule has 29 nitrogen and oxygen atoms in total. The molecule has 0 radical (unpaired) electrons. The number of anilines is 12. The highest BCUT2D eigenvalue weighted by Gasteiger charge is 2.30. The highest BCUT2D eigenvalue weighted by atomic mass is 35.5. The second kappa shape index (κ2) is 41.0. The number of imidazole rings is 1. The lowest BCUT2D eigenvalue weighted by Crippen LogP contribution is -2.29. The number of halogens is 3. The van der Waals surface area contributed by atoms with Crippen molar-refractivity contribution in [3.05, 3.63) is 195 Å². The topological polar surface area (TPSA) is 382 Å². The van der Waals surface area contributed by atoms with Crippen LogP contribution in [0.5, 0.6) is 17.2 Å². The van der Waals surface area contributed by atoms with E-state index in [-0.39, 0.29) is 101 Å². The van der Waals surface area contributed by atoms with E-state index in [2.05, 4.69) is 87.6 Å². The molecule has 2 saturated heterocycles. The second-order valence-corrected chi connectivity index (χ2v) is 39.7. The number of benzene rings is 7.